The van der Waals surface area contributed by atoms with Crippen LogP contribution in [-0.4, -0.2) is 17.8 Å². The van der Waals surface area contributed by atoms with Gasteiger partial charge >= 0.3 is 0 Å². The quantitative estimate of drug-likeness (QED) is 0.805. The van der Waals surface area contributed by atoms with Crippen molar-refractivity contribution in [3.8, 4) is 0 Å². The van der Waals surface area contributed by atoms with Gasteiger partial charge in [0.05, 0.1) is 16.6 Å². The highest BCUT2D eigenvalue weighted by atomic mass is 35.5. The molecule has 2 aliphatic carbocycles. The first kappa shape index (κ1) is 16.5. The number of aliphatic carboxylic acids is 1. The smallest absolute Gasteiger partial charge is 0.228 e. The van der Waals surface area contributed by atoms with Crippen molar-refractivity contribution in [1.29, 1.82) is 0 Å². The second-order valence-corrected chi connectivity index (χ2v) is 6.59. The van der Waals surface area contributed by atoms with Gasteiger partial charge in [0.25, 0.3) is 0 Å². The molecule has 0 aliphatic heterocycles. The number of rotatable bonds is 4. The number of allylic oxidation sites excluding steroid dienone is 2. The molecule has 2 amide bonds. The predicted octanol–water partition coefficient (Wildman–Crippen LogP) is 1.43. The number of carboxylic acids is 1. The molecule has 7 heteroatoms. The van der Waals surface area contributed by atoms with Gasteiger partial charge in [-0.3, -0.25) is 9.59 Å². The topological polar surface area (TPSA) is 98.3 Å². The Hall–Kier alpha value is -2.34. The molecular formula is C17H16ClN2O4-. The van der Waals surface area contributed by atoms with Crippen LogP contribution in [0.1, 0.15) is 13.3 Å². The molecule has 3 rings (SSSR count). The van der Waals surface area contributed by atoms with Crippen molar-refractivity contribution in [2.75, 3.05) is 10.6 Å². The third-order valence-electron chi connectivity index (χ3n) is 4.58. The highest BCUT2D eigenvalue weighted by Gasteiger charge is 2.48. The number of nitrogens with one attached hydrogen (secondary N) is 2. The zero-order valence-electron chi connectivity index (χ0n) is 12.9. The number of carboxylic acid groups (broad SMARTS) is 1. The van der Waals surface area contributed by atoms with Crippen molar-refractivity contribution >= 4 is 40.8 Å². The summed E-state index contributed by atoms with van der Waals surface area (Å²) in [5, 5.41) is 17.0. The van der Waals surface area contributed by atoms with Gasteiger partial charge in [-0.15, -0.1) is 0 Å². The Kier molecular flexibility index (Phi) is 4.32. The summed E-state index contributed by atoms with van der Waals surface area (Å²) >= 11 is 6.00. The zero-order valence-corrected chi connectivity index (χ0v) is 13.7. The molecule has 0 radical (unpaired) electrons. The molecule has 1 aromatic carbocycles. The minimum atomic E-state index is -1.19. The van der Waals surface area contributed by atoms with Crippen LogP contribution < -0.4 is 15.7 Å². The normalized spacial score (nSPS) is 27.1. The summed E-state index contributed by atoms with van der Waals surface area (Å²) < 4.78 is 0. The number of fused-ring (bicyclic) bond motifs is 2. The van der Waals surface area contributed by atoms with E-state index >= 15 is 0 Å². The third kappa shape index (κ3) is 3.01. The first-order valence-corrected chi connectivity index (χ1v) is 8.02. The molecule has 0 aromatic heterocycles. The fourth-order valence-electron chi connectivity index (χ4n) is 3.62. The maximum Gasteiger partial charge on any atom is 0.228 e. The van der Waals surface area contributed by atoms with E-state index in [2.05, 4.69) is 10.6 Å². The van der Waals surface area contributed by atoms with Crippen LogP contribution in [0.4, 0.5) is 11.4 Å². The summed E-state index contributed by atoms with van der Waals surface area (Å²) in [4.78, 5) is 35.1. The van der Waals surface area contributed by atoms with E-state index in [1.807, 2.05) is 12.2 Å². The van der Waals surface area contributed by atoms with Crippen molar-refractivity contribution in [3.63, 3.8) is 0 Å². The number of amides is 2. The monoisotopic (exact) mass is 347 g/mol. The predicted molar refractivity (Wildman–Crippen MR) is 87.1 cm³/mol. The highest BCUT2D eigenvalue weighted by molar-refractivity contribution is 6.33. The highest BCUT2D eigenvalue weighted by Crippen LogP contribution is 2.48. The number of anilines is 2. The summed E-state index contributed by atoms with van der Waals surface area (Å²) in [5.74, 6) is -3.52. The van der Waals surface area contributed by atoms with Gasteiger partial charge in [0.2, 0.25) is 11.8 Å². The minimum absolute atomic E-state index is 0.0833. The van der Waals surface area contributed by atoms with Gasteiger partial charge in [0, 0.05) is 24.5 Å². The van der Waals surface area contributed by atoms with Gasteiger partial charge in [0.1, 0.15) is 0 Å². The largest absolute Gasteiger partial charge is 0.550 e. The van der Waals surface area contributed by atoms with Crippen LogP contribution in [0.2, 0.25) is 5.02 Å². The molecule has 0 heterocycles. The van der Waals surface area contributed by atoms with Gasteiger partial charge in [-0.2, -0.15) is 0 Å². The maximum atomic E-state index is 12.6. The number of halogens is 1. The Morgan fingerprint density at radius 3 is 2.42 bits per heavy atom. The van der Waals surface area contributed by atoms with E-state index in [1.54, 1.807) is 18.2 Å². The SMILES string of the molecule is CC(=O)Nc1cc(NC(=O)[C@@H]2[C@@H](C(=O)[O-])[C@H]3C=C[C@@H]2C3)ccc1Cl. The van der Waals surface area contributed by atoms with Crippen LogP contribution in [-0.2, 0) is 14.4 Å². The summed E-state index contributed by atoms with van der Waals surface area (Å²) in [5.41, 5.74) is 0.822. The lowest BCUT2D eigenvalue weighted by molar-refractivity contribution is -0.313. The first-order chi connectivity index (χ1) is 11.4. The molecular weight excluding hydrogens is 332 g/mol. The maximum absolute atomic E-state index is 12.6. The average Bonchev–Trinajstić information content (AvgIpc) is 3.10. The van der Waals surface area contributed by atoms with E-state index < -0.39 is 17.8 Å². The lowest BCUT2D eigenvalue weighted by atomic mass is 9.82. The average molecular weight is 348 g/mol. The number of carbonyl (C=O) groups excluding carboxylic acids is 3. The lowest BCUT2D eigenvalue weighted by Crippen LogP contribution is -2.42. The van der Waals surface area contributed by atoms with E-state index in [0.717, 1.165) is 0 Å². The van der Waals surface area contributed by atoms with Crippen molar-refractivity contribution in [2.45, 2.75) is 13.3 Å². The molecule has 0 unspecified atom stereocenters. The minimum Gasteiger partial charge on any atom is -0.550 e. The Bertz CT molecular complexity index is 746. The summed E-state index contributed by atoms with van der Waals surface area (Å²) in [6.45, 7) is 1.35. The molecule has 1 saturated carbocycles. The van der Waals surface area contributed by atoms with Crippen LogP contribution in [0.25, 0.3) is 0 Å². The number of hydrogen-bond donors (Lipinski definition) is 2. The molecule has 2 aliphatic rings. The van der Waals surface area contributed by atoms with Gasteiger partial charge in [0.15, 0.2) is 0 Å². The third-order valence-corrected chi connectivity index (χ3v) is 4.91. The van der Waals surface area contributed by atoms with E-state index in [9.17, 15) is 19.5 Å². The lowest BCUT2D eigenvalue weighted by Gasteiger charge is -2.27. The molecule has 0 saturated heterocycles. The second-order valence-electron chi connectivity index (χ2n) is 6.18. The van der Waals surface area contributed by atoms with Crippen LogP contribution in [0.15, 0.2) is 30.4 Å². The van der Waals surface area contributed by atoms with Crippen LogP contribution in [0.3, 0.4) is 0 Å². The molecule has 2 N–H and O–H groups in total. The Balaban J connectivity index is 1.79. The van der Waals surface area contributed by atoms with Gasteiger partial charge in [-0.05, 0) is 36.5 Å². The fourth-order valence-corrected chi connectivity index (χ4v) is 3.78. The van der Waals surface area contributed by atoms with E-state index in [-0.39, 0.29) is 23.7 Å². The number of hydrogen-bond acceptors (Lipinski definition) is 4. The van der Waals surface area contributed by atoms with E-state index in [0.29, 0.717) is 22.8 Å². The van der Waals surface area contributed by atoms with E-state index in [1.165, 1.54) is 6.92 Å². The molecule has 6 nitrogen and oxygen atoms in total. The summed E-state index contributed by atoms with van der Waals surface area (Å²) in [6.07, 6.45) is 4.42. The van der Waals surface area contributed by atoms with Crippen molar-refractivity contribution < 1.29 is 19.5 Å². The van der Waals surface area contributed by atoms with Crippen molar-refractivity contribution in [3.05, 3.63) is 35.4 Å². The van der Waals surface area contributed by atoms with Crippen molar-refractivity contribution in [1.82, 2.24) is 0 Å². The first-order valence-electron chi connectivity index (χ1n) is 7.64. The fraction of sp³-hybridized carbons (Fsp3) is 0.353. The van der Waals surface area contributed by atoms with Gasteiger partial charge in [-0.1, -0.05) is 23.8 Å². The molecule has 0 spiro atoms. The standard InChI is InChI=1S/C17H17ClN2O4/c1-8(21)19-13-7-11(4-5-12(13)18)20-16(22)14-9-2-3-10(6-9)15(14)17(23)24/h2-5,7,9-10,14-15H,6H2,1H3,(H,19,21)(H,20,22)(H,23,24)/p-1/t9-,10+,14+,15+/m1/s1. The molecule has 1 aromatic rings. The summed E-state index contributed by atoms with van der Waals surface area (Å²) in [7, 11) is 0. The molecule has 2 bridgehead atoms. The Morgan fingerprint density at radius 1 is 1.12 bits per heavy atom. The van der Waals surface area contributed by atoms with Gasteiger partial charge < -0.3 is 20.5 Å². The molecule has 4 atom stereocenters. The van der Waals surface area contributed by atoms with E-state index in [4.69, 9.17) is 11.6 Å². The Labute approximate surface area is 143 Å². The Morgan fingerprint density at radius 2 is 1.79 bits per heavy atom. The molecule has 126 valence electrons. The van der Waals surface area contributed by atoms with Crippen LogP contribution >= 0.6 is 11.6 Å². The second kappa shape index (κ2) is 6.28. The van der Waals surface area contributed by atoms with Crippen molar-refractivity contribution in [2.24, 2.45) is 23.7 Å². The summed E-state index contributed by atoms with van der Waals surface area (Å²) in [6, 6.07) is 4.70. The molecule has 24 heavy (non-hydrogen) atoms. The zero-order chi connectivity index (χ0) is 17.4. The molecule has 1 fully saturated rings. The number of benzene rings is 1. The van der Waals surface area contributed by atoms with Crippen LogP contribution in [0.5, 0.6) is 0 Å². The number of carbonyl (C=O) groups is 3. The van der Waals surface area contributed by atoms with Gasteiger partial charge in [-0.25, -0.2) is 0 Å². The van der Waals surface area contributed by atoms with Crippen LogP contribution in [0, 0.1) is 23.7 Å².